The molecule has 0 aliphatic heterocycles. The van der Waals surface area contributed by atoms with Gasteiger partial charge in [0, 0.05) is 25.4 Å². The van der Waals surface area contributed by atoms with Crippen molar-refractivity contribution in [3.63, 3.8) is 0 Å². The van der Waals surface area contributed by atoms with Crippen molar-refractivity contribution < 1.29 is 24.7 Å². The maximum atomic E-state index is 13.4. The van der Waals surface area contributed by atoms with Crippen LogP contribution in [0.1, 0.15) is 69.5 Å². The minimum atomic E-state index is -1.02. The van der Waals surface area contributed by atoms with Gasteiger partial charge in [-0.2, -0.15) is 5.26 Å². The van der Waals surface area contributed by atoms with E-state index in [0.717, 1.165) is 18.4 Å². The zero-order valence-corrected chi connectivity index (χ0v) is 20.5. The molecule has 10 nitrogen and oxygen atoms in total. The highest BCUT2D eigenvalue weighted by molar-refractivity contribution is 5.93. The van der Waals surface area contributed by atoms with Gasteiger partial charge >= 0.3 is 5.97 Å². The number of aromatic nitrogens is 2. The molecule has 0 aliphatic rings. The number of unbranched alkanes of at least 4 members (excludes halogenated alkanes) is 1. The molecule has 4 N–H and O–H groups in total. The van der Waals surface area contributed by atoms with Crippen LogP contribution in [0.4, 0.5) is 0 Å². The zero-order chi connectivity index (χ0) is 26.8. The number of nitriles is 1. The van der Waals surface area contributed by atoms with E-state index in [0.29, 0.717) is 29.9 Å². The fourth-order valence-corrected chi connectivity index (χ4v) is 4.02. The summed E-state index contributed by atoms with van der Waals surface area (Å²) in [6.07, 6.45) is 3.96. The molecule has 1 aromatic heterocycles. The Kier molecular flexibility index (Phi) is 9.52. The van der Waals surface area contributed by atoms with E-state index in [4.69, 9.17) is 10.3 Å². The summed E-state index contributed by atoms with van der Waals surface area (Å²) in [6.45, 7) is 2.36. The zero-order valence-electron chi connectivity index (χ0n) is 20.5. The Bertz CT molecular complexity index is 1290. The lowest BCUT2D eigenvalue weighted by molar-refractivity contribution is -0.129. The van der Waals surface area contributed by atoms with E-state index in [1.54, 1.807) is 46.4 Å². The number of benzene rings is 2. The van der Waals surface area contributed by atoms with Gasteiger partial charge in [-0.05, 0) is 42.2 Å². The van der Waals surface area contributed by atoms with Gasteiger partial charge in [0.1, 0.15) is 11.5 Å². The number of rotatable bonds is 12. The second kappa shape index (κ2) is 13.0. The van der Waals surface area contributed by atoms with Crippen LogP contribution in [0.5, 0.6) is 0 Å². The average molecular weight is 504 g/mol. The molecule has 2 aromatic carbocycles. The highest BCUT2D eigenvalue weighted by atomic mass is 16.5. The third-order valence-electron chi connectivity index (χ3n) is 5.96. The van der Waals surface area contributed by atoms with E-state index in [9.17, 15) is 19.6 Å². The van der Waals surface area contributed by atoms with E-state index < -0.39 is 23.8 Å². The molecule has 10 heteroatoms. The number of hydroxylamine groups is 1. The number of aryl methyl sites for hydroxylation is 1. The predicted molar refractivity (Wildman–Crippen MR) is 134 cm³/mol. The first-order valence-corrected chi connectivity index (χ1v) is 11.9. The van der Waals surface area contributed by atoms with Crippen molar-refractivity contribution in [1.29, 1.82) is 5.26 Å². The predicted octanol–water partition coefficient (Wildman–Crippen LogP) is 3.08. The molecule has 0 fully saturated rings. The van der Waals surface area contributed by atoms with Crippen LogP contribution in [0.15, 0.2) is 54.7 Å². The van der Waals surface area contributed by atoms with Crippen molar-refractivity contribution in [2.75, 3.05) is 0 Å². The number of carbonyl (C=O) groups excluding carboxylic acids is 2. The number of hydrogen-bond donors (Lipinski definition) is 4. The van der Waals surface area contributed by atoms with Crippen molar-refractivity contribution in [3.05, 3.63) is 88.5 Å². The standard InChI is InChI=1S/C27H29N5O5/c1-2-3-8-24-29-16-23(32(24)17-18-9-11-19(12-10-18)27(35)36)26(34)30-22(14-25(33)31-37)13-20-6-4-5-7-21(20)15-28/h4-7,9-12,16,22,37H,2-3,8,13-14,17H2,1H3,(H,30,34)(H,31,33)(H,35,36)/t22-/m1/s1. The van der Waals surface area contributed by atoms with Crippen molar-refractivity contribution in [2.24, 2.45) is 0 Å². The molecular formula is C27H29N5O5. The second-order valence-electron chi connectivity index (χ2n) is 8.63. The average Bonchev–Trinajstić information content (AvgIpc) is 3.30. The molecule has 192 valence electrons. The first kappa shape index (κ1) is 27.1. The molecule has 1 heterocycles. The van der Waals surface area contributed by atoms with Crippen LogP contribution in [-0.2, 0) is 24.2 Å². The maximum Gasteiger partial charge on any atom is 0.335 e. The number of nitrogens with zero attached hydrogens (tertiary/aromatic N) is 3. The molecule has 2 amide bonds. The van der Waals surface area contributed by atoms with E-state index in [1.165, 1.54) is 18.3 Å². The normalized spacial score (nSPS) is 11.4. The molecular weight excluding hydrogens is 474 g/mol. The van der Waals surface area contributed by atoms with Crippen molar-refractivity contribution in [3.8, 4) is 6.07 Å². The van der Waals surface area contributed by atoms with E-state index in [2.05, 4.69) is 23.3 Å². The Morgan fingerprint density at radius 2 is 1.86 bits per heavy atom. The van der Waals surface area contributed by atoms with Crippen LogP contribution in [0.25, 0.3) is 0 Å². The topological polar surface area (TPSA) is 157 Å². The minimum Gasteiger partial charge on any atom is -0.478 e. The highest BCUT2D eigenvalue weighted by Gasteiger charge is 2.23. The minimum absolute atomic E-state index is 0.168. The van der Waals surface area contributed by atoms with Crippen molar-refractivity contribution in [2.45, 2.75) is 51.6 Å². The van der Waals surface area contributed by atoms with Gasteiger partial charge in [0.05, 0.1) is 23.4 Å². The number of nitrogens with one attached hydrogen (secondary N) is 2. The molecule has 0 saturated carbocycles. The Hall–Kier alpha value is -4.49. The fourth-order valence-electron chi connectivity index (χ4n) is 4.02. The summed E-state index contributed by atoms with van der Waals surface area (Å²) in [4.78, 5) is 41.0. The summed E-state index contributed by atoms with van der Waals surface area (Å²) < 4.78 is 1.78. The number of amides is 2. The van der Waals surface area contributed by atoms with E-state index in [1.807, 2.05) is 0 Å². The third kappa shape index (κ3) is 7.25. The SMILES string of the molecule is CCCCc1ncc(C(=O)N[C@@H](CC(=O)NO)Cc2ccccc2C#N)n1Cc1ccc(C(=O)O)cc1. The molecule has 37 heavy (non-hydrogen) atoms. The van der Waals surface area contributed by atoms with Crippen LogP contribution in [0.2, 0.25) is 0 Å². The van der Waals surface area contributed by atoms with Crippen molar-refractivity contribution >= 4 is 17.8 Å². The van der Waals surface area contributed by atoms with Gasteiger partial charge in [-0.3, -0.25) is 14.8 Å². The Balaban J connectivity index is 1.88. The molecule has 0 unspecified atom stereocenters. The summed E-state index contributed by atoms with van der Waals surface area (Å²) in [5, 5.41) is 30.5. The van der Waals surface area contributed by atoms with E-state index >= 15 is 0 Å². The van der Waals surface area contributed by atoms with E-state index in [-0.39, 0.29) is 24.1 Å². The molecule has 0 radical (unpaired) electrons. The first-order valence-electron chi connectivity index (χ1n) is 11.9. The van der Waals surface area contributed by atoms with Crippen molar-refractivity contribution in [1.82, 2.24) is 20.3 Å². The number of aromatic carboxylic acids is 1. The Morgan fingerprint density at radius 3 is 2.51 bits per heavy atom. The number of carbonyl (C=O) groups is 3. The first-order chi connectivity index (χ1) is 17.9. The second-order valence-corrected chi connectivity index (χ2v) is 8.63. The smallest absolute Gasteiger partial charge is 0.335 e. The van der Waals surface area contributed by atoms with Gasteiger partial charge in [0.15, 0.2) is 0 Å². The number of carboxylic acids is 1. The van der Waals surface area contributed by atoms with Crippen LogP contribution in [-0.4, -0.2) is 43.7 Å². The Morgan fingerprint density at radius 1 is 1.14 bits per heavy atom. The lowest BCUT2D eigenvalue weighted by Gasteiger charge is -2.19. The summed E-state index contributed by atoms with van der Waals surface area (Å²) in [5.74, 6) is -1.43. The molecule has 0 aliphatic carbocycles. The maximum absolute atomic E-state index is 13.4. The monoisotopic (exact) mass is 503 g/mol. The van der Waals surface area contributed by atoms with Crippen LogP contribution in [0, 0.1) is 11.3 Å². The molecule has 0 bridgehead atoms. The van der Waals surface area contributed by atoms with Crippen LogP contribution >= 0.6 is 0 Å². The van der Waals surface area contributed by atoms with Gasteiger partial charge in [0.2, 0.25) is 5.91 Å². The van der Waals surface area contributed by atoms with Crippen LogP contribution < -0.4 is 10.8 Å². The van der Waals surface area contributed by atoms with Crippen LogP contribution in [0.3, 0.4) is 0 Å². The summed E-state index contributed by atoms with van der Waals surface area (Å²) in [6, 6.07) is 14.7. The molecule has 1 atom stereocenters. The molecule has 3 aromatic rings. The lowest BCUT2D eigenvalue weighted by atomic mass is 9.98. The molecule has 3 rings (SSSR count). The summed E-state index contributed by atoms with van der Waals surface area (Å²) in [5.41, 5.74) is 3.94. The largest absolute Gasteiger partial charge is 0.478 e. The third-order valence-corrected chi connectivity index (χ3v) is 5.96. The molecule has 0 spiro atoms. The van der Waals surface area contributed by atoms with Gasteiger partial charge in [-0.15, -0.1) is 0 Å². The summed E-state index contributed by atoms with van der Waals surface area (Å²) >= 11 is 0. The van der Waals surface area contributed by atoms with Gasteiger partial charge in [0.25, 0.3) is 5.91 Å². The van der Waals surface area contributed by atoms with Gasteiger partial charge in [-0.25, -0.2) is 15.3 Å². The summed E-state index contributed by atoms with van der Waals surface area (Å²) in [7, 11) is 0. The number of carboxylic acid groups (broad SMARTS) is 1. The fraction of sp³-hybridized carbons (Fsp3) is 0.296. The highest BCUT2D eigenvalue weighted by Crippen LogP contribution is 2.16. The Labute approximate surface area is 214 Å². The lowest BCUT2D eigenvalue weighted by Crippen LogP contribution is -2.41. The van der Waals surface area contributed by atoms with Gasteiger partial charge < -0.3 is 15.0 Å². The quantitative estimate of drug-likeness (QED) is 0.218. The van der Waals surface area contributed by atoms with Gasteiger partial charge in [-0.1, -0.05) is 43.7 Å². The molecule has 0 saturated heterocycles. The number of imidazole rings is 1. The number of hydrogen-bond acceptors (Lipinski definition) is 6.